The predicted molar refractivity (Wildman–Crippen MR) is 58.4 cm³/mol. The number of hydrogen-bond donors (Lipinski definition) is 1. The fraction of sp³-hybridized carbons (Fsp3) is 0.556. The van der Waals surface area contributed by atoms with Gasteiger partial charge in [-0.3, -0.25) is 4.79 Å². The van der Waals surface area contributed by atoms with E-state index in [9.17, 15) is 18.0 Å². The lowest BCUT2D eigenvalue weighted by molar-refractivity contribution is -0.119. The van der Waals surface area contributed by atoms with Gasteiger partial charge in [0.05, 0.1) is 6.33 Å². The van der Waals surface area contributed by atoms with E-state index in [1.54, 1.807) is 6.92 Å². The molecule has 4 nitrogen and oxygen atoms in total. The fourth-order valence-electron chi connectivity index (χ4n) is 1.34. The zero-order chi connectivity index (χ0) is 13.1. The Labute approximate surface area is 100 Å². The third-order valence-electron chi connectivity index (χ3n) is 1.94. The van der Waals surface area contributed by atoms with E-state index in [0.717, 1.165) is 11.2 Å². The molecule has 0 aromatic carbocycles. The topological polar surface area (TPSA) is 49.0 Å². The quantitative estimate of drug-likeness (QED) is 0.912. The van der Waals surface area contributed by atoms with Gasteiger partial charge < -0.3 is 9.88 Å². The summed E-state index contributed by atoms with van der Waals surface area (Å²) >= 11 is 5.64. The number of halogens is 4. The van der Waals surface area contributed by atoms with Crippen molar-refractivity contribution in [2.75, 3.05) is 18.0 Å². The Morgan fingerprint density at radius 2 is 2.18 bits per heavy atom. The molecule has 1 rings (SSSR count). The Hall–Kier alpha value is -1.24. The van der Waals surface area contributed by atoms with E-state index >= 15 is 0 Å². The minimum absolute atomic E-state index is 0.121. The van der Waals surface area contributed by atoms with Crippen LogP contribution < -0.4 is 10.5 Å². The Kier molecular flexibility index (Phi) is 4.39. The number of aromatic amines is 1. The highest BCUT2D eigenvalue weighted by Crippen LogP contribution is 2.24. The highest BCUT2D eigenvalue weighted by Gasteiger charge is 2.32. The van der Waals surface area contributed by atoms with Crippen molar-refractivity contribution in [1.82, 2.24) is 9.97 Å². The third-order valence-corrected chi connectivity index (χ3v) is 2.28. The van der Waals surface area contributed by atoms with Crippen molar-refractivity contribution < 1.29 is 13.2 Å². The molecule has 1 N–H and O–H groups in total. The van der Waals surface area contributed by atoms with Crippen LogP contribution in [0, 0.1) is 0 Å². The summed E-state index contributed by atoms with van der Waals surface area (Å²) in [4.78, 5) is 18.0. The van der Waals surface area contributed by atoms with Crippen LogP contribution in [0.5, 0.6) is 0 Å². The first-order chi connectivity index (χ1) is 7.85. The van der Waals surface area contributed by atoms with Crippen LogP contribution in [0.4, 0.5) is 19.0 Å². The normalized spacial score (nSPS) is 11.6. The molecule has 0 unspecified atom stereocenters. The number of rotatable bonds is 4. The molecule has 8 heteroatoms. The molecular weight excluding hydrogens is 259 g/mol. The van der Waals surface area contributed by atoms with Gasteiger partial charge >= 0.3 is 6.18 Å². The summed E-state index contributed by atoms with van der Waals surface area (Å²) in [5, 5.41) is -0.329. The van der Waals surface area contributed by atoms with Gasteiger partial charge in [0.15, 0.2) is 5.82 Å². The Morgan fingerprint density at radius 3 is 2.71 bits per heavy atom. The summed E-state index contributed by atoms with van der Waals surface area (Å²) in [6.45, 7) is 0.664. The zero-order valence-electron chi connectivity index (χ0n) is 9.01. The van der Waals surface area contributed by atoms with Gasteiger partial charge in [-0.2, -0.15) is 13.2 Å². The molecule has 96 valence electrons. The lowest BCUT2D eigenvalue weighted by atomic mass is 10.3. The van der Waals surface area contributed by atoms with Crippen LogP contribution >= 0.6 is 11.6 Å². The second-order valence-electron chi connectivity index (χ2n) is 3.41. The van der Waals surface area contributed by atoms with E-state index in [1.165, 1.54) is 0 Å². The van der Waals surface area contributed by atoms with Crippen molar-refractivity contribution in [2.45, 2.75) is 19.5 Å². The molecule has 0 amide bonds. The van der Waals surface area contributed by atoms with Crippen LogP contribution in [-0.2, 0) is 0 Å². The first-order valence-corrected chi connectivity index (χ1v) is 5.28. The number of anilines is 1. The fourth-order valence-corrected chi connectivity index (χ4v) is 1.56. The first-order valence-electron chi connectivity index (χ1n) is 4.90. The third kappa shape index (κ3) is 3.92. The lowest BCUT2D eigenvalue weighted by Crippen LogP contribution is -2.36. The first kappa shape index (κ1) is 13.8. The second-order valence-corrected chi connectivity index (χ2v) is 3.78. The maximum Gasteiger partial charge on any atom is 0.405 e. The van der Waals surface area contributed by atoms with Crippen molar-refractivity contribution in [1.29, 1.82) is 0 Å². The molecule has 0 fully saturated rings. The number of aromatic nitrogens is 2. The Morgan fingerprint density at radius 1 is 1.53 bits per heavy atom. The smallest absolute Gasteiger partial charge is 0.346 e. The molecule has 0 aliphatic carbocycles. The lowest BCUT2D eigenvalue weighted by Gasteiger charge is -2.24. The minimum atomic E-state index is -4.37. The summed E-state index contributed by atoms with van der Waals surface area (Å²) in [7, 11) is 0. The van der Waals surface area contributed by atoms with E-state index in [1.807, 2.05) is 0 Å². The summed E-state index contributed by atoms with van der Waals surface area (Å²) in [5.74, 6) is -0.144. The van der Waals surface area contributed by atoms with E-state index in [2.05, 4.69) is 9.97 Å². The molecule has 0 saturated heterocycles. The summed E-state index contributed by atoms with van der Waals surface area (Å²) < 4.78 is 37.0. The van der Waals surface area contributed by atoms with E-state index in [0.29, 0.717) is 6.42 Å². The van der Waals surface area contributed by atoms with Crippen LogP contribution in [0.3, 0.4) is 0 Å². The number of H-pyrrole nitrogens is 1. The average molecular weight is 270 g/mol. The van der Waals surface area contributed by atoms with E-state index < -0.39 is 18.3 Å². The van der Waals surface area contributed by atoms with Gasteiger partial charge in [-0.1, -0.05) is 18.5 Å². The van der Waals surface area contributed by atoms with Crippen LogP contribution in [0.1, 0.15) is 13.3 Å². The molecule has 0 spiro atoms. The number of nitrogens with one attached hydrogen (secondary N) is 1. The SMILES string of the molecule is CCCN(CC(F)(F)F)c1nc[nH]c(=O)c1Cl. The molecular formula is C9H11ClF3N3O. The Bertz CT molecular complexity index is 432. The molecule has 0 atom stereocenters. The molecule has 0 bridgehead atoms. The van der Waals surface area contributed by atoms with E-state index in [-0.39, 0.29) is 17.4 Å². The molecule has 1 heterocycles. The van der Waals surface area contributed by atoms with Gasteiger partial charge in [0.25, 0.3) is 5.56 Å². The predicted octanol–water partition coefficient (Wildman–Crippen LogP) is 2.20. The van der Waals surface area contributed by atoms with Crippen molar-refractivity contribution in [3.05, 3.63) is 21.7 Å². The van der Waals surface area contributed by atoms with Gasteiger partial charge in [-0.15, -0.1) is 0 Å². The monoisotopic (exact) mass is 269 g/mol. The molecule has 0 aliphatic rings. The number of alkyl halides is 3. The van der Waals surface area contributed by atoms with Gasteiger partial charge in [0, 0.05) is 6.54 Å². The molecule has 1 aromatic rings. The molecule has 17 heavy (non-hydrogen) atoms. The van der Waals surface area contributed by atoms with Crippen molar-refractivity contribution in [3.8, 4) is 0 Å². The molecule has 0 radical (unpaired) electrons. The van der Waals surface area contributed by atoms with Crippen molar-refractivity contribution >= 4 is 17.4 Å². The van der Waals surface area contributed by atoms with Crippen molar-refractivity contribution in [3.63, 3.8) is 0 Å². The molecule has 1 aromatic heterocycles. The van der Waals surface area contributed by atoms with Gasteiger partial charge in [0.2, 0.25) is 0 Å². The maximum absolute atomic E-state index is 12.3. The number of hydrogen-bond acceptors (Lipinski definition) is 3. The minimum Gasteiger partial charge on any atom is -0.346 e. The van der Waals surface area contributed by atoms with Crippen LogP contribution in [0.2, 0.25) is 5.02 Å². The van der Waals surface area contributed by atoms with Gasteiger partial charge in [-0.25, -0.2) is 4.98 Å². The molecule has 0 aliphatic heterocycles. The highest BCUT2D eigenvalue weighted by molar-refractivity contribution is 6.32. The largest absolute Gasteiger partial charge is 0.405 e. The highest BCUT2D eigenvalue weighted by atomic mass is 35.5. The van der Waals surface area contributed by atoms with Crippen LogP contribution in [0.25, 0.3) is 0 Å². The Balaban J connectivity index is 3.05. The standard InChI is InChI=1S/C9H11ClF3N3O/c1-2-3-16(4-9(11,12)13)7-6(10)8(17)15-5-14-7/h5H,2-4H2,1H3,(H,14,15,17). The maximum atomic E-state index is 12.3. The molecule has 0 saturated carbocycles. The zero-order valence-corrected chi connectivity index (χ0v) is 9.77. The second kappa shape index (κ2) is 5.39. The summed E-state index contributed by atoms with van der Waals surface area (Å²) in [5.41, 5.74) is -0.653. The average Bonchev–Trinajstić information content (AvgIpc) is 2.19. The van der Waals surface area contributed by atoms with Crippen LogP contribution in [0.15, 0.2) is 11.1 Å². The van der Waals surface area contributed by atoms with Gasteiger partial charge in [-0.05, 0) is 6.42 Å². The van der Waals surface area contributed by atoms with Gasteiger partial charge in [0.1, 0.15) is 11.6 Å². The summed E-state index contributed by atoms with van der Waals surface area (Å²) in [6, 6.07) is 0. The summed E-state index contributed by atoms with van der Waals surface area (Å²) in [6.07, 6.45) is -2.85. The van der Waals surface area contributed by atoms with Crippen LogP contribution in [-0.4, -0.2) is 29.2 Å². The van der Waals surface area contributed by atoms with Crippen molar-refractivity contribution in [2.24, 2.45) is 0 Å². The van der Waals surface area contributed by atoms with E-state index in [4.69, 9.17) is 11.6 Å². The number of nitrogens with zero attached hydrogens (tertiary/aromatic N) is 2.